The Labute approximate surface area is 184 Å². The molecular weight excluding hydrogens is 384 g/mol. The molecule has 1 saturated heterocycles. The molecule has 0 N–H and O–H groups in total. The van der Waals surface area contributed by atoms with Gasteiger partial charge in [-0.25, -0.2) is 0 Å². The topological polar surface area (TPSA) is 49.3 Å². The van der Waals surface area contributed by atoms with Crippen LogP contribution >= 0.6 is 0 Å². The SMILES string of the molecule is CCCN1CCN(Cc2ccncc2)CC(Cc2ccccc2-c2cccnc2)C1=O. The van der Waals surface area contributed by atoms with Crippen molar-refractivity contribution in [2.75, 3.05) is 26.2 Å². The van der Waals surface area contributed by atoms with E-state index in [9.17, 15) is 4.79 Å². The lowest BCUT2D eigenvalue weighted by molar-refractivity contribution is -0.134. The van der Waals surface area contributed by atoms with Crippen LogP contribution in [0.5, 0.6) is 0 Å². The van der Waals surface area contributed by atoms with Gasteiger partial charge in [0.05, 0.1) is 5.92 Å². The summed E-state index contributed by atoms with van der Waals surface area (Å²) in [6.45, 7) is 6.26. The zero-order valence-corrected chi connectivity index (χ0v) is 18.2. The molecule has 3 aromatic rings. The maximum Gasteiger partial charge on any atom is 0.227 e. The Hall–Kier alpha value is -3.05. The van der Waals surface area contributed by atoms with Crippen molar-refractivity contribution in [3.05, 3.63) is 84.4 Å². The maximum absolute atomic E-state index is 13.5. The molecule has 1 fully saturated rings. The molecule has 1 amide bonds. The van der Waals surface area contributed by atoms with E-state index in [1.807, 2.05) is 24.7 Å². The standard InChI is InChI=1S/C26H30N4O/c1-2-14-30-16-15-29(19-21-9-12-27-13-10-21)20-24(26(30)31)17-22-6-3-4-8-25(22)23-7-5-11-28-18-23/h3-13,18,24H,2,14-17,19-20H2,1H3. The molecule has 0 radical (unpaired) electrons. The minimum absolute atomic E-state index is 0.0614. The van der Waals surface area contributed by atoms with Gasteiger partial charge in [0, 0.05) is 63.1 Å². The molecule has 31 heavy (non-hydrogen) atoms. The Balaban J connectivity index is 1.59. The predicted molar refractivity (Wildman–Crippen MR) is 123 cm³/mol. The highest BCUT2D eigenvalue weighted by molar-refractivity contribution is 5.80. The largest absolute Gasteiger partial charge is 0.341 e. The number of carbonyl (C=O) groups is 1. The first-order chi connectivity index (χ1) is 15.2. The molecule has 0 bridgehead atoms. The molecule has 3 heterocycles. The molecule has 1 aromatic carbocycles. The first kappa shape index (κ1) is 21.2. The second-order valence-electron chi connectivity index (χ2n) is 8.22. The number of aromatic nitrogens is 2. The van der Waals surface area contributed by atoms with Crippen molar-refractivity contribution in [2.24, 2.45) is 5.92 Å². The van der Waals surface area contributed by atoms with E-state index in [2.05, 4.69) is 69.2 Å². The first-order valence-electron chi connectivity index (χ1n) is 11.1. The average molecular weight is 415 g/mol. The van der Waals surface area contributed by atoms with Crippen molar-refractivity contribution in [1.29, 1.82) is 0 Å². The molecule has 0 spiro atoms. The minimum atomic E-state index is -0.0614. The molecule has 5 heteroatoms. The number of benzene rings is 1. The van der Waals surface area contributed by atoms with Crippen LogP contribution in [0.25, 0.3) is 11.1 Å². The Morgan fingerprint density at radius 1 is 0.968 bits per heavy atom. The van der Waals surface area contributed by atoms with Crippen molar-refractivity contribution < 1.29 is 4.79 Å². The summed E-state index contributed by atoms with van der Waals surface area (Å²) in [6, 6.07) is 16.6. The second-order valence-corrected chi connectivity index (χ2v) is 8.22. The van der Waals surface area contributed by atoms with E-state index < -0.39 is 0 Å². The van der Waals surface area contributed by atoms with Crippen molar-refractivity contribution >= 4 is 5.91 Å². The summed E-state index contributed by atoms with van der Waals surface area (Å²) in [5.41, 5.74) is 4.70. The van der Waals surface area contributed by atoms with E-state index in [0.29, 0.717) is 0 Å². The van der Waals surface area contributed by atoms with E-state index in [0.717, 1.165) is 56.7 Å². The quantitative estimate of drug-likeness (QED) is 0.585. The lowest BCUT2D eigenvalue weighted by Crippen LogP contribution is -2.37. The van der Waals surface area contributed by atoms with Crippen LogP contribution in [0.15, 0.2) is 73.3 Å². The third kappa shape index (κ3) is 5.36. The lowest BCUT2D eigenvalue weighted by Gasteiger charge is -2.24. The van der Waals surface area contributed by atoms with Crippen molar-refractivity contribution in [1.82, 2.24) is 19.8 Å². The van der Waals surface area contributed by atoms with Gasteiger partial charge in [0.25, 0.3) is 0 Å². The lowest BCUT2D eigenvalue weighted by atomic mass is 9.91. The normalized spacial score (nSPS) is 17.5. The summed E-state index contributed by atoms with van der Waals surface area (Å²) in [7, 11) is 0. The zero-order chi connectivity index (χ0) is 21.5. The summed E-state index contributed by atoms with van der Waals surface area (Å²) < 4.78 is 0. The van der Waals surface area contributed by atoms with Gasteiger partial charge in [-0.15, -0.1) is 0 Å². The third-order valence-corrected chi connectivity index (χ3v) is 5.93. The van der Waals surface area contributed by atoms with Crippen LogP contribution in [0.4, 0.5) is 0 Å². The highest BCUT2D eigenvalue weighted by atomic mass is 16.2. The monoisotopic (exact) mass is 414 g/mol. The number of amides is 1. The van der Waals surface area contributed by atoms with Crippen LogP contribution < -0.4 is 0 Å². The molecule has 1 aliphatic heterocycles. The molecule has 2 aromatic heterocycles. The minimum Gasteiger partial charge on any atom is -0.341 e. The number of nitrogens with zero attached hydrogens (tertiary/aromatic N) is 4. The van der Waals surface area contributed by atoms with Crippen molar-refractivity contribution in [2.45, 2.75) is 26.3 Å². The molecular formula is C26H30N4O. The van der Waals surface area contributed by atoms with Gasteiger partial charge in [0.2, 0.25) is 5.91 Å². The fourth-order valence-corrected chi connectivity index (χ4v) is 4.41. The fourth-order valence-electron chi connectivity index (χ4n) is 4.41. The number of carbonyl (C=O) groups excluding carboxylic acids is 1. The van der Waals surface area contributed by atoms with Gasteiger partial charge in [-0.1, -0.05) is 37.3 Å². The molecule has 0 saturated carbocycles. The molecule has 4 rings (SSSR count). The Kier molecular flexibility index (Phi) is 7.05. The van der Waals surface area contributed by atoms with Crippen LogP contribution in [0.2, 0.25) is 0 Å². The van der Waals surface area contributed by atoms with Crippen LogP contribution in [0.1, 0.15) is 24.5 Å². The summed E-state index contributed by atoms with van der Waals surface area (Å²) in [5, 5.41) is 0. The summed E-state index contributed by atoms with van der Waals surface area (Å²) >= 11 is 0. The Morgan fingerprint density at radius 3 is 2.58 bits per heavy atom. The highest BCUT2D eigenvalue weighted by Gasteiger charge is 2.30. The van der Waals surface area contributed by atoms with E-state index in [-0.39, 0.29) is 11.8 Å². The van der Waals surface area contributed by atoms with E-state index in [4.69, 9.17) is 0 Å². The molecule has 1 aliphatic rings. The van der Waals surface area contributed by atoms with Crippen molar-refractivity contribution in [3.63, 3.8) is 0 Å². The van der Waals surface area contributed by atoms with Gasteiger partial charge in [-0.2, -0.15) is 0 Å². The number of hydrogen-bond donors (Lipinski definition) is 0. The van der Waals surface area contributed by atoms with Crippen LogP contribution in [-0.2, 0) is 17.8 Å². The summed E-state index contributed by atoms with van der Waals surface area (Å²) in [6.07, 6.45) is 9.08. The summed E-state index contributed by atoms with van der Waals surface area (Å²) in [5.74, 6) is 0.216. The maximum atomic E-state index is 13.5. The fraction of sp³-hybridized carbons (Fsp3) is 0.346. The van der Waals surface area contributed by atoms with Gasteiger partial charge in [0.1, 0.15) is 0 Å². The smallest absolute Gasteiger partial charge is 0.227 e. The number of rotatable bonds is 7. The third-order valence-electron chi connectivity index (χ3n) is 5.93. The zero-order valence-electron chi connectivity index (χ0n) is 18.2. The van der Waals surface area contributed by atoms with Crippen molar-refractivity contribution in [3.8, 4) is 11.1 Å². The first-order valence-corrected chi connectivity index (χ1v) is 11.1. The molecule has 0 aliphatic carbocycles. The molecule has 1 unspecified atom stereocenters. The molecule has 1 atom stereocenters. The Bertz CT molecular complexity index is 977. The second kappa shape index (κ2) is 10.3. The molecule has 160 valence electrons. The summed E-state index contributed by atoms with van der Waals surface area (Å²) in [4.78, 5) is 26.4. The van der Waals surface area contributed by atoms with Gasteiger partial charge < -0.3 is 4.90 Å². The van der Waals surface area contributed by atoms with E-state index in [1.165, 1.54) is 11.1 Å². The van der Waals surface area contributed by atoms with Gasteiger partial charge in [-0.3, -0.25) is 19.7 Å². The highest BCUT2D eigenvalue weighted by Crippen LogP contribution is 2.27. The van der Waals surface area contributed by atoms with E-state index >= 15 is 0 Å². The van der Waals surface area contributed by atoms with E-state index in [1.54, 1.807) is 6.20 Å². The van der Waals surface area contributed by atoms with Crippen LogP contribution in [0.3, 0.4) is 0 Å². The van der Waals surface area contributed by atoms with Crippen LogP contribution in [0, 0.1) is 5.92 Å². The number of hydrogen-bond acceptors (Lipinski definition) is 4. The van der Waals surface area contributed by atoms with Crippen LogP contribution in [-0.4, -0.2) is 51.9 Å². The molecule has 5 nitrogen and oxygen atoms in total. The van der Waals surface area contributed by atoms with Gasteiger partial charge in [-0.05, 0) is 47.7 Å². The van der Waals surface area contributed by atoms with Gasteiger partial charge >= 0.3 is 0 Å². The average Bonchev–Trinajstić information content (AvgIpc) is 2.95. The Morgan fingerprint density at radius 2 is 1.81 bits per heavy atom. The predicted octanol–water partition coefficient (Wildman–Crippen LogP) is 4.06. The van der Waals surface area contributed by atoms with Gasteiger partial charge in [0.15, 0.2) is 0 Å². The number of pyridine rings is 2.